The van der Waals surface area contributed by atoms with Crippen LogP contribution in [0.3, 0.4) is 0 Å². The Bertz CT molecular complexity index is 477. The number of amides is 1. The van der Waals surface area contributed by atoms with E-state index < -0.39 is 17.8 Å². The van der Waals surface area contributed by atoms with E-state index in [0.29, 0.717) is 5.56 Å². The van der Waals surface area contributed by atoms with Gasteiger partial charge in [-0.25, -0.2) is 0 Å². The number of ether oxygens (including phenoxy) is 2. The van der Waals surface area contributed by atoms with E-state index in [0.717, 1.165) is 10.5 Å². The zero-order valence-corrected chi connectivity index (χ0v) is 11.7. The van der Waals surface area contributed by atoms with Crippen LogP contribution >= 0.6 is 0 Å². The molecule has 108 valence electrons. The molecule has 0 atom stereocenters. The first kappa shape index (κ1) is 15.7. The highest BCUT2D eigenvalue weighted by atomic mass is 16.5. The molecule has 20 heavy (non-hydrogen) atoms. The van der Waals surface area contributed by atoms with E-state index in [1.54, 1.807) is 24.3 Å². The van der Waals surface area contributed by atoms with Crippen LogP contribution in [0.5, 0.6) is 0 Å². The first-order chi connectivity index (χ1) is 9.47. The summed E-state index contributed by atoms with van der Waals surface area (Å²) in [6, 6.07) is 6.84. The summed E-state index contributed by atoms with van der Waals surface area (Å²) in [5, 5.41) is 0. The van der Waals surface area contributed by atoms with Gasteiger partial charge < -0.3 is 14.4 Å². The average molecular weight is 279 g/mol. The molecular weight excluding hydrogens is 262 g/mol. The maximum Gasteiger partial charge on any atom is 0.325 e. The van der Waals surface area contributed by atoms with Crippen molar-refractivity contribution < 1.29 is 23.9 Å². The van der Waals surface area contributed by atoms with Crippen molar-refractivity contribution in [3.8, 4) is 0 Å². The van der Waals surface area contributed by atoms with Gasteiger partial charge in [-0.2, -0.15) is 0 Å². The number of aryl methyl sites for hydroxylation is 1. The molecular formula is C14H17NO5. The van der Waals surface area contributed by atoms with Gasteiger partial charge in [0.25, 0.3) is 5.91 Å². The predicted octanol–water partition coefficient (Wildman–Crippen LogP) is 0.783. The van der Waals surface area contributed by atoms with Crippen LogP contribution in [0.2, 0.25) is 0 Å². The van der Waals surface area contributed by atoms with E-state index in [4.69, 9.17) is 0 Å². The summed E-state index contributed by atoms with van der Waals surface area (Å²) in [6.45, 7) is 1.28. The lowest BCUT2D eigenvalue weighted by Crippen LogP contribution is -2.40. The van der Waals surface area contributed by atoms with Crippen LogP contribution in [0, 0.1) is 6.92 Å². The van der Waals surface area contributed by atoms with Crippen LogP contribution in [0.1, 0.15) is 15.9 Å². The summed E-state index contributed by atoms with van der Waals surface area (Å²) in [5.74, 6) is -1.63. The third-order valence-corrected chi connectivity index (χ3v) is 2.68. The molecule has 0 saturated carbocycles. The quantitative estimate of drug-likeness (QED) is 0.745. The minimum Gasteiger partial charge on any atom is -0.468 e. The fourth-order valence-corrected chi connectivity index (χ4v) is 1.52. The number of esters is 2. The number of carbonyl (C=O) groups is 3. The average Bonchev–Trinajstić information content (AvgIpc) is 2.46. The Labute approximate surface area is 117 Å². The number of hydrogen-bond donors (Lipinski definition) is 0. The summed E-state index contributed by atoms with van der Waals surface area (Å²) in [5.41, 5.74) is 1.40. The molecule has 0 unspecified atom stereocenters. The van der Waals surface area contributed by atoms with E-state index in [1.165, 1.54) is 14.2 Å². The number of hydrogen-bond acceptors (Lipinski definition) is 5. The summed E-state index contributed by atoms with van der Waals surface area (Å²) < 4.78 is 9.03. The predicted molar refractivity (Wildman–Crippen MR) is 71.1 cm³/mol. The molecule has 0 aliphatic carbocycles. The normalized spacial score (nSPS) is 9.75. The van der Waals surface area contributed by atoms with Crippen molar-refractivity contribution in [2.24, 2.45) is 0 Å². The fraction of sp³-hybridized carbons (Fsp3) is 0.357. The Kier molecular flexibility index (Phi) is 5.71. The number of carbonyl (C=O) groups excluding carboxylic acids is 3. The molecule has 0 saturated heterocycles. The van der Waals surface area contributed by atoms with Crippen LogP contribution in [0.15, 0.2) is 24.3 Å². The molecule has 0 N–H and O–H groups in total. The third-order valence-electron chi connectivity index (χ3n) is 2.68. The van der Waals surface area contributed by atoms with Gasteiger partial charge in [-0.15, -0.1) is 0 Å². The molecule has 6 nitrogen and oxygen atoms in total. The zero-order valence-electron chi connectivity index (χ0n) is 11.7. The monoisotopic (exact) mass is 279 g/mol. The Morgan fingerprint density at radius 3 is 1.80 bits per heavy atom. The number of methoxy groups -OCH3 is 2. The van der Waals surface area contributed by atoms with Crippen molar-refractivity contribution in [1.82, 2.24) is 4.90 Å². The van der Waals surface area contributed by atoms with Gasteiger partial charge in [0.15, 0.2) is 0 Å². The molecule has 0 bridgehead atoms. The van der Waals surface area contributed by atoms with Crippen LogP contribution in [0.25, 0.3) is 0 Å². The van der Waals surface area contributed by atoms with Crippen molar-refractivity contribution >= 4 is 17.8 Å². The van der Waals surface area contributed by atoms with Crippen LogP contribution < -0.4 is 0 Å². The summed E-state index contributed by atoms with van der Waals surface area (Å²) in [7, 11) is 2.43. The van der Waals surface area contributed by atoms with Crippen molar-refractivity contribution in [2.75, 3.05) is 27.3 Å². The number of benzene rings is 1. The lowest BCUT2D eigenvalue weighted by atomic mass is 10.1. The molecule has 6 heteroatoms. The van der Waals surface area contributed by atoms with Crippen molar-refractivity contribution in [3.63, 3.8) is 0 Å². The second kappa shape index (κ2) is 7.28. The van der Waals surface area contributed by atoms with Gasteiger partial charge >= 0.3 is 11.9 Å². The highest BCUT2D eigenvalue weighted by Gasteiger charge is 2.22. The topological polar surface area (TPSA) is 72.9 Å². The molecule has 0 heterocycles. The number of rotatable bonds is 5. The molecule has 0 aliphatic rings. The Morgan fingerprint density at radius 2 is 1.40 bits per heavy atom. The molecule has 0 aliphatic heterocycles. The summed E-state index contributed by atoms with van der Waals surface area (Å²) >= 11 is 0. The summed E-state index contributed by atoms with van der Waals surface area (Å²) in [6.07, 6.45) is 0. The third kappa shape index (κ3) is 4.38. The Balaban J connectivity index is 2.90. The molecule has 1 aromatic rings. The standard InChI is InChI=1S/C14H17NO5/c1-10-4-6-11(7-5-10)14(18)15(8-12(16)19-2)9-13(17)20-3/h4-7H,8-9H2,1-3H3. The molecule has 1 amide bonds. The Hall–Kier alpha value is -2.37. The van der Waals surface area contributed by atoms with Crippen LogP contribution in [0.4, 0.5) is 0 Å². The van der Waals surface area contributed by atoms with Crippen molar-refractivity contribution in [3.05, 3.63) is 35.4 Å². The zero-order chi connectivity index (χ0) is 15.1. The van der Waals surface area contributed by atoms with Gasteiger partial charge in [0.1, 0.15) is 13.1 Å². The van der Waals surface area contributed by atoms with Gasteiger partial charge in [0.2, 0.25) is 0 Å². The molecule has 1 aromatic carbocycles. The largest absolute Gasteiger partial charge is 0.468 e. The lowest BCUT2D eigenvalue weighted by Gasteiger charge is -2.20. The van der Waals surface area contributed by atoms with Crippen molar-refractivity contribution in [2.45, 2.75) is 6.92 Å². The maximum atomic E-state index is 12.3. The number of nitrogens with zero attached hydrogens (tertiary/aromatic N) is 1. The fourth-order valence-electron chi connectivity index (χ4n) is 1.52. The smallest absolute Gasteiger partial charge is 0.325 e. The van der Waals surface area contributed by atoms with Gasteiger partial charge in [0, 0.05) is 5.56 Å². The van der Waals surface area contributed by atoms with E-state index in [-0.39, 0.29) is 13.1 Å². The van der Waals surface area contributed by atoms with Gasteiger partial charge in [-0.3, -0.25) is 14.4 Å². The SMILES string of the molecule is COC(=O)CN(CC(=O)OC)C(=O)c1ccc(C)cc1. The molecule has 1 rings (SSSR count). The van der Waals surface area contributed by atoms with E-state index in [2.05, 4.69) is 9.47 Å². The van der Waals surface area contributed by atoms with E-state index in [9.17, 15) is 14.4 Å². The molecule has 0 aromatic heterocycles. The van der Waals surface area contributed by atoms with Crippen LogP contribution in [-0.2, 0) is 19.1 Å². The van der Waals surface area contributed by atoms with Gasteiger partial charge in [-0.05, 0) is 19.1 Å². The first-order valence-corrected chi connectivity index (χ1v) is 5.97. The highest BCUT2D eigenvalue weighted by molar-refractivity contribution is 5.97. The van der Waals surface area contributed by atoms with Gasteiger partial charge in [-0.1, -0.05) is 17.7 Å². The maximum absolute atomic E-state index is 12.3. The second-order valence-electron chi connectivity index (χ2n) is 4.18. The highest BCUT2D eigenvalue weighted by Crippen LogP contribution is 2.07. The molecule has 0 fully saturated rings. The minimum absolute atomic E-state index is 0.307. The van der Waals surface area contributed by atoms with Crippen molar-refractivity contribution in [1.29, 1.82) is 0 Å². The first-order valence-electron chi connectivity index (χ1n) is 5.97. The molecule has 0 spiro atoms. The minimum atomic E-state index is -0.602. The molecule has 0 radical (unpaired) electrons. The lowest BCUT2D eigenvalue weighted by molar-refractivity contribution is -0.144. The summed E-state index contributed by atoms with van der Waals surface area (Å²) in [4.78, 5) is 36.0. The van der Waals surface area contributed by atoms with Gasteiger partial charge in [0.05, 0.1) is 14.2 Å². The van der Waals surface area contributed by atoms with E-state index >= 15 is 0 Å². The van der Waals surface area contributed by atoms with E-state index in [1.807, 2.05) is 6.92 Å². The Morgan fingerprint density at radius 1 is 0.950 bits per heavy atom. The van der Waals surface area contributed by atoms with Crippen LogP contribution in [-0.4, -0.2) is 50.1 Å². The second-order valence-corrected chi connectivity index (χ2v) is 4.18.